The Morgan fingerprint density at radius 1 is 1.30 bits per heavy atom. The Morgan fingerprint density at radius 3 is 2.78 bits per heavy atom. The third kappa shape index (κ3) is 4.32. The predicted molar refractivity (Wildman–Crippen MR) is 99.5 cm³/mol. The highest BCUT2D eigenvalue weighted by molar-refractivity contribution is 7.86. The molecule has 1 aliphatic heterocycles. The maximum absolute atomic E-state index is 13.5. The number of rotatable bonds is 6. The third-order valence-electron chi connectivity index (χ3n) is 4.49. The first kappa shape index (κ1) is 19.8. The molecule has 1 saturated heterocycles. The maximum atomic E-state index is 13.5. The van der Waals surface area contributed by atoms with Gasteiger partial charge in [0.2, 0.25) is 0 Å². The minimum absolute atomic E-state index is 0.167. The van der Waals surface area contributed by atoms with Crippen LogP contribution < -0.4 is 0 Å². The van der Waals surface area contributed by atoms with Crippen molar-refractivity contribution in [2.75, 3.05) is 32.8 Å². The zero-order valence-corrected chi connectivity index (χ0v) is 16.2. The Bertz CT molecular complexity index is 890. The molecule has 1 atom stereocenters. The second kappa shape index (κ2) is 8.39. The lowest BCUT2D eigenvalue weighted by molar-refractivity contribution is -0.00672. The van der Waals surface area contributed by atoms with Gasteiger partial charge in [-0.2, -0.15) is 17.0 Å². The van der Waals surface area contributed by atoms with E-state index >= 15 is 0 Å². The molecule has 1 aromatic heterocycles. The average Bonchev–Trinajstić information content (AvgIpc) is 2.69. The summed E-state index contributed by atoms with van der Waals surface area (Å²) in [7, 11) is -3.54. The van der Waals surface area contributed by atoms with Gasteiger partial charge in [0.15, 0.2) is 0 Å². The van der Waals surface area contributed by atoms with Crippen molar-refractivity contribution in [2.45, 2.75) is 20.0 Å². The molecule has 0 unspecified atom stereocenters. The van der Waals surface area contributed by atoms with Crippen molar-refractivity contribution >= 4 is 10.2 Å². The van der Waals surface area contributed by atoms with Gasteiger partial charge >= 0.3 is 0 Å². The van der Waals surface area contributed by atoms with E-state index in [1.807, 2.05) is 13.8 Å². The van der Waals surface area contributed by atoms with Crippen LogP contribution >= 0.6 is 0 Å². The molecule has 7 nitrogen and oxygen atoms in total. The van der Waals surface area contributed by atoms with Crippen LogP contribution in [0.1, 0.15) is 25.6 Å². The standard InChI is InChI=1S/C18H23FN4O3S/c1-3-22(4-2)27(24,25)23-8-9-26-18(13-23)17-12-20-11-16(21-17)14-6-5-7-15(19)10-14/h5-7,10-12,18H,3-4,8-9,13H2,1-2H3/t18-/m0/s1. The Morgan fingerprint density at radius 2 is 2.07 bits per heavy atom. The number of benzene rings is 1. The van der Waals surface area contributed by atoms with Crippen LogP contribution in [-0.4, -0.2) is 59.8 Å². The SMILES string of the molecule is CCN(CC)S(=O)(=O)N1CCO[C@H](c2cncc(-c3cccc(F)c3)n2)C1. The van der Waals surface area contributed by atoms with Crippen LogP contribution in [0.5, 0.6) is 0 Å². The van der Waals surface area contributed by atoms with Gasteiger partial charge in [-0.05, 0) is 12.1 Å². The number of hydrogen-bond acceptors (Lipinski definition) is 5. The summed E-state index contributed by atoms with van der Waals surface area (Å²) in [6.45, 7) is 5.19. The minimum atomic E-state index is -3.54. The summed E-state index contributed by atoms with van der Waals surface area (Å²) in [5, 5.41) is 0. The van der Waals surface area contributed by atoms with Gasteiger partial charge in [0.05, 0.1) is 30.4 Å². The number of morpholine rings is 1. The van der Waals surface area contributed by atoms with E-state index in [0.29, 0.717) is 36.6 Å². The van der Waals surface area contributed by atoms with Crippen molar-refractivity contribution in [3.8, 4) is 11.3 Å². The molecule has 1 aliphatic rings. The van der Waals surface area contributed by atoms with Crippen LogP contribution in [-0.2, 0) is 14.9 Å². The molecule has 2 heterocycles. The van der Waals surface area contributed by atoms with Crippen molar-refractivity contribution in [3.05, 3.63) is 48.2 Å². The number of nitrogens with zero attached hydrogens (tertiary/aromatic N) is 4. The highest BCUT2D eigenvalue weighted by Gasteiger charge is 2.34. The zero-order chi connectivity index (χ0) is 19.4. The third-order valence-corrected chi connectivity index (χ3v) is 6.64. The van der Waals surface area contributed by atoms with Crippen molar-refractivity contribution < 1.29 is 17.5 Å². The van der Waals surface area contributed by atoms with Gasteiger partial charge in [0, 0.05) is 31.7 Å². The second-order valence-corrected chi connectivity index (χ2v) is 8.08. The quantitative estimate of drug-likeness (QED) is 0.751. The van der Waals surface area contributed by atoms with Crippen LogP contribution in [0, 0.1) is 5.82 Å². The fourth-order valence-electron chi connectivity index (χ4n) is 3.05. The molecule has 1 aromatic carbocycles. The Balaban J connectivity index is 1.84. The molecule has 1 fully saturated rings. The first-order valence-electron chi connectivity index (χ1n) is 8.90. The lowest BCUT2D eigenvalue weighted by atomic mass is 10.1. The summed E-state index contributed by atoms with van der Waals surface area (Å²) in [5.41, 5.74) is 1.64. The molecular weight excluding hydrogens is 371 g/mol. The van der Waals surface area contributed by atoms with E-state index in [-0.39, 0.29) is 19.0 Å². The molecule has 27 heavy (non-hydrogen) atoms. The topological polar surface area (TPSA) is 75.6 Å². The summed E-state index contributed by atoms with van der Waals surface area (Å²) in [6, 6.07) is 6.10. The molecule has 0 radical (unpaired) electrons. The average molecular weight is 394 g/mol. The number of halogens is 1. The van der Waals surface area contributed by atoms with Crippen LogP contribution in [0.15, 0.2) is 36.7 Å². The Labute approximate surface area is 159 Å². The lowest BCUT2D eigenvalue weighted by Crippen LogP contribution is -2.49. The fourth-order valence-corrected chi connectivity index (χ4v) is 4.66. The van der Waals surface area contributed by atoms with Gasteiger partial charge in [-0.3, -0.25) is 4.98 Å². The van der Waals surface area contributed by atoms with Gasteiger partial charge in [-0.25, -0.2) is 9.37 Å². The van der Waals surface area contributed by atoms with Crippen molar-refractivity contribution in [1.29, 1.82) is 0 Å². The second-order valence-electron chi connectivity index (χ2n) is 6.15. The Hall–Kier alpha value is -1.94. The fraction of sp³-hybridized carbons (Fsp3) is 0.444. The number of hydrogen-bond donors (Lipinski definition) is 0. The monoisotopic (exact) mass is 394 g/mol. The largest absolute Gasteiger partial charge is 0.369 e. The van der Waals surface area contributed by atoms with Crippen molar-refractivity contribution in [3.63, 3.8) is 0 Å². The summed E-state index contributed by atoms with van der Waals surface area (Å²) >= 11 is 0. The van der Waals surface area contributed by atoms with E-state index < -0.39 is 16.3 Å². The van der Waals surface area contributed by atoms with Gasteiger partial charge < -0.3 is 4.74 Å². The van der Waals surface area contributed by atoms with E-state index in [2.05, 4.69) is 9.97 Å². The zero-order valence-electron chi connectivity index (χ0n) is 15.4. The molecule has 0 bridgehead atoms. The van der Waals surface area contributed by atoms with Crippen LogP contribution in [0.2, 0.25) is 0 Å². The molecule has 0 N–H and O–H groups in total. The van der Waals surface area contributed by atoms with E-state index in [4.69, 9.17) is 4.74 Å². The number of ether oxygens (including phenoxy) is 1. The normalized spacial score (nSPS) is 18.7. The van der Waals surface area contributed by atoms with Crippen LogP contribution in [0.3, 0.4) is 0 Å². The van der Waals surface area contributed by atoms with Gasteiger partial charge in [-0.15, -0.1) is 0 Å². The van der Waals surface area contributed by atoms with E-state index in [1.54, 1.807) is 24.5 Å². The molecule has 0 amide bonds. The minimum Gasteiger partial charge on any atom is -0.369 e. The molecule has 2 aromatic rings. The summed E-state index contributed by atoms with van der Waals surface area (Å²) in [6.07, 6.45) is 2.58. The van der Waals surface area contributed by atoms with Crippen molar-refractivity contribution in [1.82, 2.24) is 18.6 Å². The molecule has 9 heteroatoms. The van der Waals surface area contributed by atoms with Crippen molar-refractivity contribution in [2.24, 2.45) is 0 Å². The van der Waals surface area contributed by atoms with E-state index in [9.17, 15) is 12.8 Å². The lowest BCUT2D eigenvalue weighted by Gasteiger charge is -2.34. The van der Waals surface area contributed by atoms with Gasteiger partial charge in [0.1, 0.15) is 11.9 Å². The van der Waals surface area contributed by atoms with Gasteiger partial charge in [-0.1, -0.05) is 26.0 Å². The van der Waals surface area contributed by atoms with Crippen LogP contribution in [0.4, 0.5) is 4.39 Å². The number of aromatic nitrogens is 2. The molecule has 146 valence electrons. The molecule has 0 spiro atoms. The predicted octanol–water partition coefficient (Wildman–Crippen LogP) is 2.24. The first-order valence-corrected chi connectivity index (χ1v) is 10.3. The molecule has 3 rings (SSSR count). The molecular formula is C18H23FN4O3S. The van der Waals surface area contributed by atoms with Gasteiger partial charge in [0.25, 0.3) is 10.2 Å². The van der Waals surface area contributed by atoms with E-state index in [1.165, 1.54) is 20.7 Å². The highest BCUT2D eigenvalue weighted by atomic mass is 32.2. The molecule has 0 saturated carbocycles. The maximum Gasteiger partial charge on any atom is 0.282 e. The Kier molecular flexibility index (Phi) is 6.15. The molecule has 0 aliphatic carbocycles. The first-order chi connectivity index (χ1) is 13.0. The smallest absolute Gasteiger partial charge is 0.282 e. The summed E-state index contributed by atoms with van der Waals surface area (Å²) < 4.78 is 47.6. The summed E-state index contributed by atoms with van der Waals surface area (Å²) in [5.74, 6) is -0.356. The van der Waals surface area contributed by atoms with Crippen LogP contribution in [0.25, 0.3) is 11.3 Å². The summed E-state index contributed by atoms with van der Waals surface area (Å²) in [4.78, 5) is 8.70. The van der Waals surface area contributed by atoms with E-state index in [0.717, 1.165) is 0 Å². The highest BCUT2D eigenvalue weighted by Crippen LogP contribution is 2.25.